The molecule has 0 aliphatic carbocycles. The summed E-state index contributed by atoms with van der Waals surface area (Å²) in [7, 11) is -3.85. The van der Waals surface area contributed by atoms with Gasteiger partial charge in [0, 0.05) is 23.3 Å². The van der Waals surface area contributed by atoms with Gasteiger partial charge in [0.05, 0.1) is 5.02 Å². The second-order valence-electron chi connectivity index (χ2n) is 4.90. The maximum atomic E-state index is 12.4. The van der Waals surface area contributed by atoms with Gasteiger partial charge in [0.25, 0.3) is 10.0 Å². The number of aryl methyl sites for hydroxylation is 1. The first-order valence-electron chi connectivity index (χ1n) is 6.55. The van der Waals surface area contributed by atoms with Gasteiger partial charge in [0.15, 0.2) is 0 Å². The molecule has 0 fully saturated rings. The first-order valence-corrected chi connectivity index (χ1v) is 8.79. The predicted molar refractivity (Wildman–Crippen MR) is 92.8 cm³/mol. The second kappa shape index (κ2) is 6.78. The van der Waals surface area contributed by atoms with E-state index in [1.54, 1.807) is 31.2 Å². The number of hydrogen-bond acceptors (Lipinski definition) is 3. The Morgan fingerprint density at radius 3 is 2.13 bits per heavy atom. The third-order valence-electron chi connectivity index (χ3n) is 2.96. The van der Waals surface area contributed by atoms with Crippen LogP contribution in [0.5, 0.6) is 0 Å². The van der Waals surface area contributed by atoms with Crippen molar-refractivity contribution in [3.8, 4) is 0 Å². The summed E-state index contributed by atoms with van der Waals surface area (Å²) in [5.74, 6) is -0.207. The summed E-state index contributed by atoms with van der Waals surface area (Å²) in [6, 6.07) is 9.08. The third-order valence-corrected chi connectivity index (χ3v) is 5.21. The number of nitrogens with one attached hydrogen (secondary N) is 2. The summed E-state index contributed by atoms with van der Waals surface area (Å²) in [4.78, 5) is 10.9. The minimum Gasteiger partial charge on any atom is -0.326 e. The SMILES string of the molecule is CC(=O)Nc1ccc(NS(=O)(=O)c2cc(C)c(Cl)cc2Cl)cc1. The minimum atomic E-state index is -3.85. The summed E-state index contributed by atoms with van der Waals surface area (Å²) < 4.78 is 27.3. The van der Waals surface area contributed by atoms with Crippen LogP contribution < -0.4 is 10.0 Å². The molecule has 2 rings (SSSR count). The molecule has 0 spiro atoms. The Morgan fingerprint density at radius 2 is 1.57 bits per heavy atom. The number of carbonyl (C=O) groups excluding carboxylic acids is 1. The Kier molecular flexibility index (Phi) is 5.19. The van der Waals surface area contributed by atoms with Crippen LogP contribution in [-0.4, -0.2) is 14.3 Å². The van der Waals surface area contributed by atoms with Gasteiger partial charge in [0.2, 0.25) is 5.91 Å². The van der Waals surface area contributed by atoms with Crippen molar-refractivity contribution in [3.05, 3.63) is 52.0 Å². The van der Waals surface area contributed by atoms with Crippen molar-refractivity contribution in [1.82, 2.24) is 0 Å². The Hall–Kier alpha value is -1.76. The quantitative estimate of drug-likeness (QED) is 0.849. The number of benzene rings is 2. The molecule has 0 bridgehead atoms. The van der Waals surface area contributed by atoms with E-state index in [1.807, 2.05) is 0 Å². The highest BCUT2D eigenvalue weighted by Gasteiger charge is 2.19. The summed E-state index contributed by atoms with van der Waals surface area (Å²) in [5.41, 5.74) is 1.53. The molecule has 0 saturated heterocycles. The second-order valence-corrected chi connectivity index (χ2v) is 7.36. The number of amides is 1. The molecule has 0 heterocycles. The molecule has 0 unspecified atom stereocenters. The van der Waals surface area contributed by atoms with Crippen molar-refractivity contribution in [1.29, 1.82) is 0 Å². The third kappa shape index (κ3) is 4.37. The number of hydrogen-bond donors (Lipinski definition) is 2. The van der Waals surface area contributed by atoms with E-state index in [0.717, 1.165) is 0 Å². The average molecular weight is 373 g/mol. The maximum absolute atomic E-state index is 12.4. The van der Waals surface area contributed by atoms with E-state index in [2.05, 4.69) is 10.0 Å². The highest BCUT2D eigenvalue weighted by atomic mass is 35.5. The number of sulfonamides is 1. The molecule has 0 aromatic heterocycles. The van der Waals surface area contributed by atoms with Gasteiger partial charge < -0.3 is 5.32 Å². The highest BCUT2D eigenvalue weighted by molar-refractivity contribution is 7.92. The molecule has 0 atom stereocenters. The highest BCUT2D eigenvalue weighted by Crippen LogP contribution is 2.29. The van der Waals surface area contributed by atoms with E-state index in [0.29, 0.717) is 22.0 Å². The molecule has 2 N–H and O–H groups in total. The van der Waals surface area contributed by atoms with Crippen LogP contribution in [0.2, 0.25) is 10.0 Å². The Labute approximate surface area is 144 Å². The zero-order valence-corrected chi connectivity index (χ0v) is 14.7. The van der Waals surface area contributed by atoms with Gasteiger partial charge in [-0.3, -0.25) is 9.52 Å². The van der Waals surface area contributed by atoms with Crippen LogP contribution in [0, 0.1) is 6.92 Å². The lowest BCUT2D eigenvalue weighted by Crippen LogP contribution is -2.14. The van der Waals surface area contributed by atoms with Crippen molar-refractivity contribution >= 4 is 50.5 Å². The molecule has 0 aliphatic rings. The zero-order chi connectivity index (χ0) is 17.2. The number of anilines is 2. The van der Waals surface area contributed by atoms with Crippen LogP contribution >= 0.6 is 23.2 Å². The van der Waals surface area contributed by atoms with Crippen LogP contribution in [-0.2, 0) is 14.8 Å². The van der Waals surface area contributed by atoms with Gasteiger partial charge in [-0.2, -0.15) is 0 Å². The molecular weight excluding hydrogens is 359 g/mol. The fourth-order valence-electron chi connectivity index (χ4n) is 1.87. The summed E-state index contributed by atoms with van der Waals surface area (Å²) in [6.07, 6.45) is 0. The van der Waals surface area contributed by atoms with Gasteiger partial charge in [-0.1, -0.05) is 23.2 Å². The smallest absolute Gasteiger partial charge is 0.263 e. The maximum Gasteiger partial charge on any atom is 0.263 e. The minimum absolute atomic E-state index is 0.0444. The van der Waals surface area contributed by atoms with Crippen molar-refractivity contribution in [2.45, 2.75) is 18.7 Å². The van der Waals surface area contributed by atoms with E-state index in [9.17, 15) is 13.2 Å². The van der Waals surface area contributed by atoms with Gasteiger partial charge in [-0.25, -0.2) is 8.42 Å². The van der Waals surface area contributed by atoms with E-state index in [4.69, 9.17) is 23.2 Å². The predicted octanol–water partition coefficient (Wildman–Crippen LogP) is 4.06. The summed E-state index contributed by atoms with van der Waals surface area (Å²) in [5, 5.41) is 3.04. The van der Waals surface area contributed by atoms with Crippen molar-refractivity contribution < 1.29 is 13.2 Å². The normalized spacial score (nSPS) is 11.1. The van der Waals surface area contributed by atoms with E-state index in [-0.39, 0.29) is 15.8 Å². The Morgan fingerprint density at radius 1 is 1.00 bits per heavy atom. The lowest BCUT2D eigenvalue weighted by Gasteiger charge is -2.11. The monoisotopic (exact) mass is 372 g/mol. The topological polar surface area (TPSA) is 75.3 Å². The molecule has 5 nitrogen and oxygen atoms in total. The Balaban J connectivity index is 2.28. The molecule has 8 heteroatoms. The molecule has 0 aliphatic heterocycles. The van der Waals surface area contributed by atoms with Crippen LogP contribution in [0.1, 0.15) is 12.5 Å². The first kappa shape index (κ1) is 17.6. The molecule has 1 amide bonds. The van der Waals surface area contributed by atoms with Gasteiger partial charge in [-0.05, 0) is 48.9 Å². The van der Waals surface area contributed by atoms with Crippen LogP contribution in [0.3, 0.4) is 0 Å². The first-order chi connectivity index (χ1) is 10.7. The van der Waals surface area contributed by atoms with Crippen LogP contribution in [0.25, 0.3) is 0 Å². The number of halogens is 2. The summed E-state index contributed by atoms with van der Waals surface area (Å²) in [6.45, 7) is 3.08. The van der Waals surface area contributed by atoms with E-state index < -0.39 is 10.0 Å². The van der Waals surface area contributed by atoms with Gasteiger partial charge in [0.1, 0.15) is 4.90 Å². The van der Waals surface area contributed by atoms with E-state index in [1.165, 1.54) is 19.1 Å². The number of rotatable bonds is 4. The average Bonchev–Trinajstić information content (AvgIpc) is 2.44. The lowest BCUT2D eigenvalue weighted by atomic mass is 10.2. The fourth-order valence-corrected chi connectivity index (χ4v) is 3.76. The molecule has 2 aromatic rings. The molecule has 0 saturated carbocycles. The van der Waals surface area contributed by atoms with Crippen molar-refractivity contribution in [3.63, 3.8) is 0 Å². The lowest BCUT2D eigenvalue weighted by molar-refractivity contribution is -0.114. The zero-order valence-electron chi connectivity index (χ0n) is 12.4. The largest absolute Gasteiger partial charge is 0.326 e. The van der Waals surface area contributed by atoms with Crippen LogP contribution in [0.4, 0.5) is 11.4 Å². The van der Waals surface area contributed by atoms with Crippen molar-refractivity contribution in [2.24, 2.45) is 0 Å². The molecule has 2 aromatic carbocycles. The van der Waals surface area contributed by atoms with Crippen LogP contribution in [0.15, 0.2) is 41.3 Å². The van der Waals surface area contributed by atoms with E-state index >= 15 is 0 Å². The standard InChI is InChI=1S/C15H14Cl2N2O3S/c1-9-7-15(14(17)8-13(9)16)23(21,22)19-12-5-3-11(4-6-12)18-10(2)20/h3-8,19H,1-2H3,(H,18,20). The molecule has 23 heavy (non-hydrogen) atoms. The van der Waals surface area contributed by atoms with Gasteiger partial charge >= 0.3 is 0 Å². The number of carbonyl (C=O) groups is 1. The van der Waals surface area contributed by atoms with Crippen molar-refractivity contribution in [2.75, 3.05) is 10.0 Å². The van der Waals surface area contributed by atoms with Gasteiger partial charge in [-0.15, -0.1) is 0 Å². The molecule has 0 radical (unpaired) electrons. The fraction of sp³-hybridized carbons (Fsp3) is 0.133. The molecular formula is C15H14Cl2N2O3S. The molecule has 122 valence electrons. The Bertz CT molecular complexity index is 850. The summed E-state index contributed by atoms with van der Waals surface area (Å²) >= 11 is 11.9.